The minimum atomic E-state index is -0.365. The zero-order valence-corrected chi connectivity index (χ0v) is 27.3. The summed E-state index contributed by atoms with van der Waals surface area (Å²) >= 11 is 1.81. The molecule has 0 spiro atoms. The van der Waals surface area contributed by atoms with Crippen LogP contribution in [0.5, 0.6) is 0 Å². The smallest absolute Gasteiger partial charge is 0.219 e. The molecule has 1 amide bonds. The molecule has 0 aromatic heterocycles. The first-order valence-corrected chi connectivity index (χ1v) is 17.4. The topological polar surface area (TPSA) is 79.0 Å². The number of likely N-dealkylation sites (N-methyl/N-ethyl adjacent to an activating group) is 1. The minimum absolute atomic E-state index is 0.0727. The van der Waals surface area contributed by atoms with Crippen LogP contribution in [0.3, 0.4) is 0 Å². The van der Waals surface area contributed by atoms with Crippen molar-refractivity contribution in [3.8, 4) is 0 Å². The van der Waals surface area contributed by atoms with Crippen LogP contribution in [0.1, 0.15) is 112 Å². The molecule has 1 saturated heterocycles. The molecule has 1 heterocycles. The van der Waals surface area contributed by atoms with Crippen molar-refractivity contribution >= 4 is 30.2 Å². The summed E-state index contributed by atoms with van der Waals surface area (Å²) in [5.41, 5.74) is 1.64. The van der Waals surface area contributed by atoms with Crippen LogP contribution in [0.2, 0.25) is 0 Å². The van der Waals surface area contributed by atoms with E-state index in [0.717, 1.165) is 55.1 Å². The molecule has 0 aliphatic carbocycles. The van der Waals surface area contributed by atoms with Gasteiger partial charge in [-0.1, -0.05) is 82.8 Å². The lowest BCUT2D eigenvalue weighted by Gasteiger charge is -2.26. The van der Waals surface area contributed by atoms with Gasteiger partial charge < -0.3 is 14.8 Å². The van der Waals surface area contributed by atoms with E-state index in [0.29, 0.717) is 24.9 Å². The van der Waals surface area contributed by atoms with Gasteiger partial charge in [-0.05, 0) is 50.2 Å². The van der Waals surface area contributed by atoms with E-state index in [4.69, 9.17) is 4.74 Å². The molecule has 1 aromatic carbocycles. The normalized spacial score (nSPS) is 14.6. The van der Waals surface area contributed by atoms with Crippen LogP contribution in [0.4, 0.5) is 0 Å². The Morgan fingerprint density at radius 1 is 0.952 bits per heavy atom. The molecule has 8 heteroatoms. The molecule has 0 bridgehead atoms. The molecule has 0 radical (unpaired) electrons. The van der Waals surface area contributed by atoms with Gasteiger partial charge in [0, 0.05) is 43.6 Å². The summed E-state index contributed by atoms with van der Waals surface area (Å²) in [7, 11) is 3.48. The van der Waals surface area contributed by atoms with E-state index in [-0.39, 0.29) is 11.9 Å². The standard InChI is InChI=1S/C34H57N3O4S/c1-35-34(40)20-19-31(29-39)36(2)27-32-30(28-38)17-16-18-33(32)42-26-15-13-11-9-7-5-3-4-6-8-10-12-14-21-37-22-24-41-25-23-37/h16-18,28-29,31H,3-15,19-27H2,1-2H3,(H,35,40). The third kappa shape index (κ3) is 15.6. The van der Waals surface area contributed by atoms with E-state index in [1.54, 1.807) is 18.8 Å². The third-order valence-corrected chi connectivity index (χ3v) is 9.54. The molecule has 2 rings (SSSR count). The molecule has 42 heavy (non-hydrogen) atoms. The van der Waals surface area contributed by atoms with Gasteiger partial charge in [0.15, 0.2) is 0 Å². The number of unbranched alkanes of at least 4 members (excludes halogenated alkanes) is 12. The van der Waals surface area contributed by atoms with E-state index < -0.39 is 0 Å². The summed E-state index contributed by atoms with van der Waals surface area (Å²) in [4.78, 5) is 40.7. The number of nitrogens with one attached hydrogen (secondary N) is 1. The highest BCUT2D eigenvalue weighted by atomic mass is 32.2. The average Bonchev–Trinajstić information content (AvgIpc) is 3.02. The monoisotopic (exact) mass is 603 g/mol. The van der Waals surface area contributed by atoms with Crippen molar-refractivity contribution in [1.82, 2.24) is 15.1 Å². The lowest BCUT2D eigenvalue weighted by Crippen LogP contribution is -2.36. The van der Waals surface area contributed by atoms with Crippen LogP contribution in [-0.2, 0) is 20.9 Å². The number of benzene rings is 1. The fourth-order valence-corrected chi connectivity index (χ4v) is 6.65. The van der Waals surface area contributed by atoms with E-state index in [9.17, 15) is 14.4 Å². The van der Waals surface area contributed by atoms with Gasteiger partial charge in [-0.25, -0.2) is 0 Å². The number of carbonyl (C=O) groups excluding carboxylic acids is 3. The summed E-state index contributed by atoms with van der Waals surface area (Å²) in [5, 5.41) is 2.60. The van der Waals surface area contributed by atoms with Crippen molar-refractivity contribution in [2.24, 2.45) is 0 Å². The molecule has 1 N–H and O–H groups in total. The van der Waals surface area contributed by atoms with Gasteiger partial charge in [0.25, 0.3) is 0 Å². The Balaban J connectivity index is 1.52. The van der Waals surface area contributed by atoms with Crippen molar-refractivity contribution in [2.75, 3.05) is 52.7 Å². The molecule has 1 aliphatic heterocycles. The summed E-state index contributed by atoms with van der Waals surface area (Å²) in [6, 6.07) is 5.49. The van der Waals surface area contributed by atoms with Gasteiger partial charge in [0.2, 0.25) is 5.91 Å². The maximum absolute atomic E-state index is 11.8. The Labute approximate surface area is 259 Å². The predicted molar refractivity (Wildman–Crippen MR) is 174 cm³/mol. The Morgan fingerprint density at radius 2 is 1.55 bits per heavy atom. The molecule has 1 aromatic rings. The lowest BCUT2D eigenvalue weighted by atomic mass is 10.0. The van der Waals surface area contributed by atoms with Gasteiger partial charge >= 0.3 is 0 Å². The maximum Gasteiger partial charge on any atom is 0.219 e. The largest absolute Gasteiger partial charge is 0.379 e. The van der Waals surface area contributed by atoms with Crippen molar-refractivity contribution < 1.29 is 19.1 Å². The van der Waals surface area contributed by atoms with E-state index in [1.807, 2.05) is 24.1 Å². The van der Waals surface area contributed by atoms with Gasteiger partial charge in [-0.3, -0.25) is 19.4 Å². The Bertz CT molecular complexity index is 878. The van der Waals surface area contributed by atoms with Crippen LogP contribution < -0.4 is 5.32 Å². The molecular formula is C34H57N3O4S. The number of amides is 1. The average molecular weight is 604 g/mol. The number of carbonyl (C=O) groups is 3. The number of aldehydes is 2. The Hall–Kier alpha value is -1.74. The summed E-state index contributed by atoms with van der Waals surface area (Å²) in [6.45, 7) is 5.80. The molecule has 1 fully saturated rings. The first-order chi connectivity index (χ1) is 20.6. The van der Waals surface area contributed by atoms with Gasteiger partial charge in [0.05, 0.1) is 19.3 Å². The SMILES string of the molecule is CNC(=O)CCC(C=O)N(C)Cc1c(C=O)cccc1SCCCCCCCCCCCCCCCN1CCOCC1. The van der Waals surface area contributed by atoms with Gasteiger partial charge in [0.1, 0.15) is 12.6 Å². The Kier molecular flexibility index (Phi) is 20.6. The second-order valence-electron chi connectivity index (χ2n) is 11.7. The first kappa shape index (κ1) is 36.5. The molecular weight excluding hydrogens is 546 g/mol. The zero-order valence-electron chi connectivity index (χ0n) is 26.5. The van der Waals surface area contributed by atoms with Crippen LogP contribution in [-0.4, -0.2) is 87.0 Å². The molecule has 0 saturated carbocycles. The number of hydrogen-bond acceptors (Lipinski definition) is 7. The van der Waals surface area contributed by atoms with Crippen LogP contribution in [0, 0.1) is 0 Å². The number of nitrogens with zero attached hydrogens (tertiary/aromatic N) is 2. The highest BCUT2D eigenvalue weighted by Crippen LogP contribution is 2.28. The van der Waals surface area contributed by atoms with Crippen molar-refractivity contribution in [2.45, 2.75) is 114 Å². The van der Waals surface area contributed by atoms with E-state index in [1.165, 1.54) is 90.0 Å². The number of morpholine rings is 1. The second-order valence-corrected chi connectivity index (χ2v) is 12.8. The number of rotatable bonds is 25. The van der Waals surface area contributed by atoms with Crippen molar-refractivity contribution in [3.63, 3.8) is 0 Å². The second kappa shape index (κ2) is 23.7. The van der Waals surface area contributed by atoms with Crippen LogP contribution >= 0.6 is 11.8 Å². The first-order valence-electron chi connectivity index (χ1n) is 16.4. The fourth-order valence-electron chi connectivity index (χ4n) is 5.55. The summed E-state index contributed by atoms with van der Waals surface area (Å²) < 4.78 is 5.42. The van der Waals surface area contributed by atoms with Gasteiger partial charge in [-0.2, -0.15) is 0 Å². The quantitative estimate of drug-likeness (QED) is 0.0774. The maximum atomic E-state index is 11.8. The highest BCUT2D eigenvalue weighted by Gasteiger charge is 2.19. The lowest BCUT2D eigenvalue weighted by molar-refractivity contribution is -0.121. The number of ether oxygens (including phenoxy) is 1. The Morgan fingerprint density at radius 3 is 2.12 bits per heavy atom. The predicted octanol–water partition coefficient (Wildman–Crippen LogP) is 6.52. The molecule has 238 valence electrons. The zero-order chi connectivity index (χ0) is 30.3. The number of hydrogen-bond donors (Lipinski definition) is 1. The third-order valence-electron chi connectivity index (χ3n) is 8.35. The molecule has 1 atom stereocenters. The summed E-state index contributed by atoms with van der Waals surface area (Å²) in [5.74, 6) is 0.954. The molecule has 1 unspecified atom stereocenters. The van der Waals surface area contributed by atoms with Crippen molar-refractivity contribution in [1.29, 1.82) is 0 Å². The minimum Gasteiger partial charge on any atom is -0.379 e. The fraction of sp³-hybridized carbons (Fsp3) is 0.735. The van der Waals surface area contributed by atoms with Crippen LogP contribution in [0.15, 0.2) is 23.1 Å². The number of thioether (sulfide) groups is 1. The molecule has 7 nitrogen and oxygen atoms in total. The van der Waals surface area contributed by atoms with E-state index >= 15 is 0 Å². The highest BCUT2D eigenvalue weighted by molar-refractivity contribution is 7.99. The van der Waals surface area contributed by atoms with Gasteiger partial charge in [-0.15, -0.1) is 11.8 Å². The van der Waals surface area contributed by atoms with E-state index in [2.05, 4.69) is 16.3 Å². The molecule has 1 aliphatic rings. The summed E-state index contributed by atoms with van der Waals surface area (Å²) in [6.07, 6.45) is 20.0. The van der Waals surface area contributed by atoms with Crippen LogP contribution in [0.25, 0.3) is 0 Å². The van der Waals surface area contributed by atoms with Crippen molar-refractivity contribution in [3.05, 3.63) is 29.3 Å².